The van der Waals surface area contributed by atoms with Crippen LogP contribution < -0.4 is 15.0 Å². The second-order valence-electron chi connectivity index (χ2n) is 7.23. The maximum absolute atomic E-state index is 13.1. The molecule has 30 heavy (non-hydrogen) atoms. The van der Waals surface area contributed by atoms with Crippen LogP contribution >= 0.6 is 0 Å². The fourth-order valence-electron chi connectivity index (χ4n) is 3.50. The summed E-state index contributed by atoms with van der Waals surface area (Å²) >= 11 is 0. The van der Waals surface area contributed by atoms with Crippen LogP contribution in [0.2, 0.25) is 0 Å². The van der Waals surface area contributed by atoms with Gasteiger partial charge in [-0.1, -0.05) is 6.07 Å². The Bertz CT molecular complexity index is 1030. The molecule has 0 saturated carbocycles. The molecular weight excluding hydrogens is 406 g/mol. The number of carbonyl (C=O) groups is 1. The molecule has 0 aliphatic carbocycles. The molecule has 2 heterocycles. The van der Waals surface area contributed by atoms with Crippen LogP contribution in [0.5, 0.6) is 5.75 Å². The second kappa shape index (κ2) is 8.63. The van der Waals surface area contributed by atoms with Gasteiger partial charge in [0.05, 0.1) is 20.3 Å². The lowest BCUT2D eigenvalue weighted by Gasteiger charge is -2.33. The zero-order valence-electron chi connectivity index (χ0n) is 16.8. The standard InChI is InChI=1S/C21H25N3O5S/c1-28-19-7-6-17(15-20(19)30(26,27)24-10-12-29-13-11-24)22-21(25)16-4-2-5-18(14-16)23-8-3-9-23/h2,4-7,14-15H,3,8-13H2,1H3,(H,22,25). The minimum absolute atomic E-state index is 0.0269. The van der Waals surface area contributed by atoms with Crippen LogP contribution in [0.1, 0.15) is 16.8 Å². The SMILES string of the molecule is COc1ccc(NC(=O)c2cccc(N3CCC3)c2)cc1S(=O)(=O)N1CCOCC1. The van der Waals surface area contributed by atoms with Gasteiger partial charge in [-0.25, -0.2) is 8.42 Å². The molecule has 2 aromatic carbocycles. The number of nitrogens with zero attached hydrogens (tertiary/aromatic N) is 2. The minimum Gasteiger partial charge on any atom is -0.495 e. The first kappa shape index (κ1) is 20.6. The molecule has 1 N–H and O–H groups in total. The molecule has 0 unspecified atom stereocenters. The molecule has 2 aliphatic heterocycles. The summed E-state index contributed by atoms with van der Waals surface area (Å²) in [7, 11) is -2.35. The van der Waals surface area contributed by atoms with Gasteiger partial charge < -0.3 is 19.7 Å². The van der Waals surface area contributed by atoms with E-state index in [-0.39, 0.29) is 29.6 Å². The van der Waals surface area contributed by atoms with Crippen molar-refractivity contribution >= 4 is 27.3 Å². The number of nitrogens with one attached hydrogen (secondary N) is 1. The highest BCUT2D eigenvalue weighted by atomic mass is 32.2. The number of sulfonamides is 1. The zero-order valence-corrected chi connectivity index (χ0v) is 17.7. The van der Waals surface area contributed by atoms with Crippen LogP contribution in [-0.2, 0) is 14.8 Å². The quantitative estimate of drug-likeness (QED) is 0.754. The largest absolute Gasteiger partial charge is 0.495 e. The fourth-order valence-corrected chi connectivity index (χ4v) is 5.09. The van der Waals surface area contributed by atoms with Gasteiger partial charge in [0.2, 0.25) is 10.0 Å². The second-order valence-corrected chi connectivity index (χ2v) is 9.13. The number of ether oxygens (including phenoxy) is 2. The number of methoxy groups -OCH3 is 1. The number of hydrogen-bond acceptors (Lipinski definition) is 6. The number of rotatable bonds is 6. The first-order valence-corrected chi connectivity index (χ1v) is 11.4. The Balaban J connectivity index is 1.58. The Morgan fingerprint density at radius 3 is 2.50 bits per heavy atom. The summed E-state index contributed by atoms with van der Waals surface area (Å²) in [6.45, 7) is 3.26. The van der Waals surface area contributed by atoms with Crippen LogP contribution in [0.25, 0.3) is 0 Å². The van der Waals surface area contributed by atoms with E-state index >= 15 is 0 Å². The number of hydrogen-bond donors (Lipinski definition) is 1. The normalized spacial score (nSPS) is 17.3. The predicted octanol–water partition coefficient (Wildman–Crippen LogP) is 2.18. The third-order valence-electron chi connectivity index (χ3n) is 5.34. The van der Waals surface area contributed by atoms with Crippen LogP contribution in [0.15, 0.2) is 47.4 Å². The molecule has 2 aromatic rings. The Kier molecular flexibility index (Phi) is 5.94. The summed E-state index contributed by atoms with van der Waals surface area (Å²) in [5, 5.41) is 2.81. The van der Waals surface area contributed by atoms with E-state index in [2.05, 4.69) is 10.2 Å². The summed E-state index contributed by atoms with van der Waals surface area (Å²) in [5.74, 6) is -0.0588. The molecule has 0 aromatic heterocycles. The van der Waals surface area contributed by atoms with Gasteiger partial charge in [-0.05, 0) is 42.8 Å². The highest BCUT2D eigenvalue weighted by Gasteiger charge is 2.29. The molecule has 0 spiro atoms. The molecule has 160 valence electrons. The van der Waals surface area contributed by atoms with Gasteiger partial charge in [0, 0.05) is 43.1 Å². The first-order valence-electron chi connectivity index (χ1n) is 9.91. The highest BCUT2D eigenvalue weighted by molar-refractivity contribution is 7.89. The minimum atomic E-state index is -3.77. The molecule has 2 saturated heterocycles. The van der Waals surface area contributed by atoms with Crippen molar-refractivity contribution in [2.24, 2.45) is 0 Å². The first-order chi connectivity index (χ1) is 14.5. The van der Waals surface area contributed by atoms with Gasteiger partial charge in [0.25, 0.3) is 5.91 Å². The number of amides is 1. The Morgan fingerprint density at radius 1 is 1.07 bits per heavy atom. The lowest BCUT2D eigenvalue weighted by Crippen LogP contribution is -2.40. The third kappa shape index (κ3) is 4.14. The van der Waals surface area contributed by atoms with E-state index in [0.717, 1.165) is 25.2 Å². The maximum Gasteiger partial charge on any atom is 0.255 e. The van der Waals surface area contributed by atoms with Gasteiger partial charge in [-0.15, -0.1) is 0 Å². The molecule has 9 heteroatoms. The van der Waals surface area contributed by atoms with Crippen LogP contribution in [0, 0.1) is 0 Å². The summed E-state index contributed by atoms with van der Waals surface area (Å²) in [4.78, 5) is 15.0. The van der Waals surface area contributed by atoms with Crippen molar-refractivity contribution in [2.45, 2.75) is 11.3 Å². The number of morpholine rings is 1. The molecule has 0 atom stereocenters. The molecule has 2 aliphatic rings. The third-order valence-corrected chi connectivity index (χ3v) is 7.26. The van der Waals surface area contributed by atoms with E-state index in [1.165, 1.54) is 17.5 Å². The summed E-state index contributed by atoms with van der Waals surface area (Å²) in [5.41, 5.74) is 1.93. The van der Waals surface area contributed by atoms with E-state index in [0.29, 0.717) is 24.5 Å². The van der Waals surface area contributed by atoms with Crippen molar-refractivity contribution in [1.29, 1.82) is 0 Å². The molecule has 0 bridgehead atoms. The Morgan fingerprint density at radius 2 is 1.83 bits per heavy atom. The van der Waals surface area contributed by atoms with Crippen LogP contribution in [0.3, 0.4) is 0 Å². The Labute approximate surface area is 176 Å². The van der Waals surface area contributed by atoms with Crippen molar-refractivity contribution in [3.8, 4) is 5.75 Å². The number of benzene rings is 2. The Hall–Kier alpha value is -2.62. The zero-order chi connectivity index (χ0) is 21.1. The fraction of sp³-hybridized carbons (Fsp3) is 0.381. The molecule has 0 radical (unpaired) electrons. The molecule has 2 fully saturated rings. The van der Waals surface area contributed by atoms with Crippen LogP contribution in [-0.4, -0.2) is 65.1 Å². The molecule has 1 amide bonds. The molecule has 4 rings (SSSR count). The van der Waals surface area contributed by atoms with Gasteiger partial charge in [-0.2, -0.15) is 4.31 Å². The van der Waals surface area contributed by atoms with Gasteiger partial charge in [0.1, 0.15) is 10.6 Å². The van der Waals surface area contributed by atoms with E-state index < -0.39 is 10.0 Å². The van der Waals surface area contributed by atoms with Crippen molar-refractivity contribution in [3.05, 3.63) is 48.0 Å². The summed E-state index contributed by atoms with van der Waals surface area (Å²) in [6.07, 6.45) is 1.16. The smallest absolute Gasteiger partial charge is 0.255 e. The van der Waals surface area contributed by atoms with Gasteiger partial charge in [0.15, 0.2) is 0 Å². The maximum atomic E-state index is 13.1. The molecular formula is C21H25N3O5S. The van der Waals surface area contributed by atoms with E-state index in [1.54, 1.807) is 18.2 Å². The van der Waals surface area contributed by atoms with Gasteiger partial charge in [-0.3, -0.25) is 4.79 Å². The average Bonchev–Trinajstić information content (AvgIpc) is 2.73. The monoisotopic (exact) mass is 431 g/mol. The highest BCUT2D eigenvalue weighted by Crippen LogP contribution is 2.30. The van der Waals surface area contributed by atoms with Crippen LogP contribution in [0.4, 0.5) is 11.4 Å². The van der Waals surface area contributed by atoms with Crippen molar-refractivity contribution in [1.82, 2.24) is 4.31 Å². The number of carbonyl (C=O) groups excluding carboxylic acids is 1. The van der Waals surface area contributed by atoms with E-state index in [9.17, 15) is 13.2 Å². The average molecular weight is 432 g/mol. The van der Waals surface area contributed by atoms with Crippen molar-refractivity contribution < 1.29 is 22.7 Å². The topological polar surface area (TPSA) is 88.2 Å². The lowest BCUT2D eigenvalue weighted by atomic mass is 10.1. The number of anilines is 2. The lowest BCUT2D eigenvalue weighted by molar-refractivity contribution is 0.0729. The van der Waals surface area contributed by atoms with Crippen molar-refractivity contribution in [2.75, 3.05) is 56.7 Å². The van der Waals surface area contributed by atoms with E-state index in [1.807, 2.05) is 18.2 Å². The summed E-state index contributed by atoms with van der Waals surface area (Å²) in [6, 6.07) is 12.1. The van der Waals surface area contributed by atoms with Gasteiger partial charge >= 0.3 is 0 Å². The summed E-state index contributed by atoms with van der Waals surface area (Å²) < 4.78 is 38.1. The van der Waals surface area contributed by atoms with Crippen molar-refractivity contribution in [3.63, 3.8) is 0 Å². The molecule has 8 nitrogen and oxygen atoms in total. The van der Waals surface area contributed by atoms with E-state index in [4.69, 9.17) is 9.47 Å². The predicted molar refractivity (Wildman–Crippen MR) is 114 cm³/mol.